The van der Waals surface area contributed by atoms with Crippen molar-refractivity contribution >= 4 is 24.0 Å². The van der Waals surface area contributed by atoms with Gasteiger partial charge in [0.2, 0.25) is 11.8 Å². The maximum absolute atomic E-state index is 13.7. The SMILES string of the molecule is COC(=O)NC(C(=O)N1CCCC1c1ncc(C#Cc2ccc(-c3ccc(-c4cnc(C5CCCN5C(=O)C(NC(=O)OC)C(C)C)[nH]4)cc3)c3c2CC2(CCCC2)C3)[nH]1)C(C)C. The Bertz CT molecular complexity index is 2400. The topological polar surface area (TPSA) is 175 Å². The third-order valence-corrected chi connectivity index (χ3v) is 13.7. The molecule has 8 rings (SSSR count). The molecular weight excluding hydrogens is 797 g/mol. The van der Waals surface area contributed by atoms with Gasteiger partial charge in [0.1, 0.15) is 29.4 Å². The van der Waals surface area contributed by atoms with Crippen LogP contribution in [0.5, 0.6) is 0 Å². The monoisotopic (exact) mass is 856 g/mol. The molecule has 4 amide bonds. The van der Waals surface area contributed by atoms with Crippen LogP contribution in [0.4, 0.5) is 9.59 Å². The molecule has 14 nitrogen and oxygen atoms in total. The van der Waals surface area contributed by atoms with Gasteiger partial charge in [0, 0.05) is 18.7 Å². The molecule has 4 aromatic rings. The van der Waals surface area contributed by atoms with Crippen LogP contribution < -0.4 is 10.6 Å². The van der Waals surface area contributed by atoms with Gasteiger partial charge in [-0.25, -0.2) is 19.6 Å². The molecule has 4 aliphatic rings. The summed E-state index contributed by atoms with van der Waals surface area (Å²) in [6.07, 6.45) is 12.7. The molecule has 2 aliphatic heterocycles. The van der Waals surface area contributed by atoms with E-state index in [-0.39, 0.29) is 41.1 Å². The number of nitrogens with zero attached hydrogens (tertiary/aromatic N) is 4. The van der Waals surface area contributed by atoms with Crippen molar-refractivity contribution < 1.29 is 28.7 Å². The molecule has 4 atom stereocenters. The van der Waals surface area contributed by atoms with Crippen LogP contribution in [0.2, 0.25) is 0 Å². The Morgan fingerprint density at radius 3 is 1.81 bits per heavy atom. The summed E-state index contributed by atoms with van der Waals surface area (Å²) in [7, 11) is 2.60. The highest BCUT2D eigenvalue weighted by atomic mass is 16.5. The van der Waals surface area contributed by atoms with Gasteiger partial charge in [-0.3, -0.25) is 9.59 Å². The van der Waals surface area contributed by atoms with Crippen LogP contribution in [0.15, 0.2) is 48.8 Å². The Morgan fingerprint density at radius 1 is 0.698 bits per heavy atom. The highest BCUT2D eigenvalue weighted by molar-refractivity contribution is 5.87. The van der Waals surface area contributed by atoms with Gasteiger partial charge in [0.05, 0.1) is 44.4 Å². The molecule has 4 heterocycles. The Labute approximate surface area is 369 Å². The molecule has 1 saturated carbocycles. The van der Waals surface area contributed by atoms with Gasteiger partial charge in [-0.1, -0.05) is 76.8 Å². The number of H-pyrrole nitrogens is 2. The molecule has 2 aromatic carbocycles. The van der Waals surface area contributed by atoms with Gasteiger partial charge in [-0.15, -0.1) is 0 Å². The number of aromatic amines is 2. The molecule has 2 aliphatic carbocycles. The third-order valence-electron chi connectivity index (χ3n) is 13.7. The number of imidazole rings is 2. The highest BCUT2D eigenvalue weighted by Crippen LogP contribution is 2.51. The van der Waals surface area contributed by atoms with E-state index in [4.69, 9.17) is 14.5 Å². The summed E-state index contributed by atoms with van der Waals surface area (Å²) < 4.78 is 9.58. The number of likely N-dealkylation sites (tertiary alicyclic amines) is 2. The first-order valence-electron chi connectivity index (χ1n) is 22.6. The largest absolute Gasteiger partial charge is 0.453 e. The van der Waals surface area contributed by atoms with Crippen LogP contribution in [-0.2, 0) is 31.9 Å². The minimum absolute atomic E-state index is 0.105. The lowest BCUT2D eigenvalue weighted by atomic mass is 9.83. The molecule has 63 heavy (non-hydrogen) atoms. The number of aromatic nitrogens is 4. The van der Waals surface area contributed by atoms with E-state index < -0.39 is 24.3 Å². The molecule has 4 unspecified atom stereocenters. The fourth-order valence-electron chi connectivity index (χ4n) is 10.3. The highest BCUT2D eigenvalue weighted by Gasteiger charge is 2.42. The fourth-order valence-corrected chi connectivity index (χ4v) is 10.3. The number of carbonyl (C=O) groups excluding carboxylic acids is 4. The van der Waals surface area contributed by atoms with Gasteiger partial charge in [0.25, 0.3) is 0 Å². The Kier molecular flexibility index (Phi) is 12.7. The summed E-state index contributed by atoms with van der Waals surface area (Å²) in [6, 6.07) is 11.2. The number of rotatable bonds is 10. The Morgan fingerprint density at radius 2 is 1.24 bits per heavy atom. The zero-order chi connectivity index (χ0) is 44.4. The summed E-state index contributed by atoms with van der Waals surface area (Å²) in [5.41, 5.74) is 9.04. The van der Waals surface area contributed by atoms with Gasteiger partial charge in [-0.05, 0) is 108 Å². The number of benzene rings is 2. The predicted molar refractivity (Wildman–Crippen MR) is 238 cm³/mol. The third kappa shape index (κ3) is 8.92. The van der Waals surface area contributed by atoms with Crippen molar-refractivity contribution in [1.82, 2.24) is 40.4 Å². The number of hydrogen-bond donors (Lipinski definition) is 4. The standard InChI is InChI=1S/C49H60N8O6/c1-29(2)41(54-47(60)62-5)45(58)56-23-9-11-39(56)43-50-27-34(52-43)19-17-32-18-20-35(37-26-49(25-36(32)37)21-7-8-22-49)31-13-15-33(16-14-31)38-28-51-44(53-38)40-12-10-24-57(40)46(59)42(30(3)4)55-48(61)63-6/h13-16,18,20,27-30,39-42H,7-12,21-26H2,1-6H3,(H,50,52)(H,51,53)(H,54,60)(H,55,61). The van der Waals surface area contributed by atoms with Crippen LogP contribution in [0.1, 0.15) is 125 Å². The minimum Gasteiger partial charge on any atom is -0.453 e. The van der Waals surface area contributed by atoms with E-state index in [1.807, 2.05) is 43.7 Å². The van der Waals surface area contributed by atoms with Crippen molar-refractivity contribution in [2.45, 2.75) is 116 Å². The van der Waals surface area contributed by atoms with Crippen LogP contribution >= 0.6 is 0 Å². The van der Waals surface area contributed by atoms with Crippen molar-refractivity contribution in [3.05, 3.63) is 82.8 Å². The van der Waals surface area contributed by atoms with E-state index in [0.717, 1.165) is 66.7 Å². The maximum Gasteiger partial charge on any atom is 0.407 e. The molecule has 14 heteroatoms. The van der Waals surface area contributed by atoms with Crippen molar-refractivity contribution in [2.75, 3.05) is 27.3 Å². The van der Waals surface area contributed by atoms with E-state index in [0.29, 0.717) is 24.6 Å². The van der Waals surface area contributed by atoms with Crippen molar-refractivity contribution in [1.29, 1.82) is 0 Å². The van der Waals surface area contributed by atoms with Crippen LogP contribution in [-0.4, -0.2) is 93.1 Å². The maximum atomic E-state index is 13.7. The van der Waals surface area contributed by atoms with E-state index in [1.54, 1.807) is 6.20 Å². The van der Waals surface area contributed by atoms with Crippen molar-refractivity contribution in [2.24, 2.45) is 17.3 Å². The number of hydrogen-bond acceptors (Lipinski definition) is 8. The minimum atomic E-state index is -0.695. The lowest BCUT2D eigenvalue weighted by molar-refractivity contribution is -0.136. The number of ether oxygens (including phenoxy) is 2. The predicted octanol–water partition coefficient (Wildman–Crippen LogP) is 7.61. The van der Waals surface area contributed by atoms with E-state index in [1.165, 1.54) is 56.6 Å². The van der Waals surface area contributed by atoms with E-state index >= 15 is 0 Å². The molecule has 4 N–H and O–H groups in total. The van der Waals surface area contributed by atoms with Gasteiger partial charge in [0.15, 0.2) is 0 Å². The zero-order valence-electron chi connectivity index (χ0n) is 37.3. The molecular formula is C49H60N8O6. The summed E-state index contributed by atoms with van der Waals surface area (Å²) in [4.78, 5) is 71.4. The molecule has 2 saturated heterocycles. The van der Waals surface area contributed by atoms with E-state index in [2.05, 4.69) is 73.8 Å². The second-order valence-electron chi connectivity index (χ2n) is 18.5. The summed E-state index contributed by atoms with van der Waals surface area (Å²) in [6.45, 7) is 8.83. The first kappa shape index (κ1) is 43.5. The molecule has 332 valence electrons. The number of alkyl carbamates (subject to hydrolysis) is 2. The summed E-state index contributed by atoms with van der Waals surface area (Å²) >= 11 is 0. The van der Waals surface area contributed by atoms with Crippen LogP contribution in [0.25, 0.3) is 22.4 Å². The van der Waals surface area contributed by atoms with Crippen molar-refractivity contribution in [3.8, 4) is 34.2 Å². The first-order chi connectivity index (χ1) is 30.4. The smallest absolute Gasteiger partial charge is 0.407 e. The van der Waals surface area contributed by atoms with Crippen molar-refractivity contribution in [3.63, 3.8) is 0 Å². The Balaban J connectivity index is 1.00. The molecule has 1 spiro atoms. The number of fused-ring (bicyclic) bond motifs is 1. The number of methoxy groups -OCH3 is 2. The summed E-state index contributed by atoms with van der Waals surface area (Å²) in [5.74, 6) is 7.83. The number of nitrogens with one attached hydrogen (secondary N) is 4. The van der Waals surface area contributed by atoms with Crippen LogP contribution in [0.3, 0.4) is 0 Å². The summed E-state index contributed by atoms with van der Waals surface area (Å²) in [5, 5.41) is 5.43. The molecule has 3 fully saturated rings. The van der Waals surface area contributed by atoms with Gasteiger partial charge in [-0.2, -0.15) is 0 Å². The Hall–Kier alpha value is -6.10. The average molecular weight is 857 g/mol. The second kappa shape index (κ2) is 18.3. The average Bonchev–Trinajstić information content (AvgIpc) is 4.14. The first-order valence-corrected chi connectivity index (χ1v) is 22.6. The number of carbonyl (C=O) groups is 4. The van der Waals surface area contributed by atoms with Crippen LogP contribution in [0, 0.1) is 29.1 Å². The second-order valence-corrected chi connectivity index (χ2v) is 18.5. The lowest BCUT2D eigenvalue weighted by Crippen LogP contribution is -2.51. The molecule has 0 bridgehead atoms. The fraction of sp³-hybridized carbons (Fsp3) is 0.510. The van der Waals surface area contributed by atoms with Gasteiger partial charge >= 0.3 is 12.2 Å². The van der Waals surface area contributed by atoms with Gasteiger partial charge < -0.3 is 39.9 Å². The normalized spacial score (nSPS) is 19.8. The zero-order valence-corrected chi connectivity index (χ0v) is 37.3. The van der Waals surface area contributed by atoms with E-state index in [9.17, 15) is 19.2 Å². The lowest BCUT2D eigenvalue weighted by Gasteiger charge is -2.30. The molecule has 0 radical (unpaired) electrons. The quantitative estimate of drug-likeness (QED) is 0.118. The molecule has 2 aromatic heterocycles. The number of amides is 4.